The number of carbonyl (C=O) groups is 2. The van der Waals surface area contributed by atoms with E-state index in [0.29, 0.717) is 16.7 Å². The first-order chi connectivity index (χ1) is 9.75. The zero-order valence-electron chi connectivity index (χ0n) is 11.8. The Hall–Kier alpha value is -2.57. The molecule has 112 valence electrons. The molecule has 7 heteroatoms. The van der Waals surface area contributed by atoms with Gasteiger partial charge in [-0.05, 0) is 23.6 Å². The minimum Gasteiger partial charge on any atom is -0.481 e. The highest BCUT2D eigenvalue weighted by Crippen LogP contribution is 2.25. The fourth-order valence-electron chi connectivity index (χ4n) is 2.22. The van der Waals surface area contributed by atoms with E-state index in [9.17, 15) is 14.4 Å². The van der Waals surface area contributed by atoms with Crippen LogP contribution >= 0.6 is 0 Å². The minimum absolute atomic E-state index is 0.0788. The number of nitrogens with one attached hydrogen (secondary N) is 3. The van der Waals surface area contributed by atoms with Crippen molar-refractivity contribution in [2.75, 3.05) is 5.32 Å². The summed E-state index contributed by atoms with van der Waals surface area (Å²) in [5.41, 5.74) is 0.874. The van der Waals surface area contributed by atoms with Gasteiger partial charge < -0.3 is 20.4 Å². The molecule has 0 bridgehead atoms. The Morgan fingerprint density at radius 1 is 1.19 bits per heavy atom. The molecule has 0 aliphatic rings. The Bertz CT molecular complexity index is 742. The van der Waals surface area contributed by atoms with Gasteiger partial charge in [-0.3, -0.25) is 9.59 Å². The van der Waals surface area contributed by atoms with Crippen molar-refractivity contribution in [2.45, 2.75) is 26.7 Å². The summed E-state index contributed by atoms with van der Waals surface area (Å²) in [7, 11) is 0. The molecule has 0 radical (unpaired) electrons. The quantitative estimate of drug-likeness (QED) is 0.670. The summed E-state index contributed by atoms with van der Waals surface area (Å²) < 4.78 is 0. The number of aromatic amines is 2. The highest BCUT2D eigenvalue weighted by molar-refractivity contribution is 5.93. The number of fused-ring (bicyclic) bond motifs is 1. The lowest BCUT2D eigenvalue weighted by Gasteiger charge is -2.21. The monoisotopic (exact) mass is 291 g/mol. The lowest BCUT2D eigenvalue weighted by molar-refractivity contribution is -0.139. The number of benzene rings is 1. The molecule has 0 fully saturated rings. The van der Waals surface area contributed by atoms with E-state index >= 15 is 0 Å². The van der Waals surface area contributed by atoms with E-state index < -0.39 is 11.4 Å². The van der Waals surface area contributed by atoms with Gasteiger partial charge in [-0.15, -0.1) is 0 Å². The van der Waals surface area contributed by atoms with E-state index in [2.05, 4.69) is 15.3 Å². The van der Waals surface area contributed by atoms with Crippen molar-refractivity contribution >= 4 is 28.6 Å². The van der Waals surface area contributed by atoms with Crippen molar-refractivity contribution in [3.8, 4) is 0 Å². The van der Waals surface area contributed by atoms with Gasteiger partial charge >= 0.3 is 11.7 Å². The van der Waals surface area contributed by atoms with Gasteiger partial charge in [0.15, 0.2) is 0 Å². The summed E-state index contributed by atoms with van der Waals surface area (Å²) in [4.78, 5) is 39.1. The summed E-state index contributed by atoms with van der Waals surface area (Å²) >= 11 is 0. The van der Waals surface area contributed by atoms with Gasteiger partial charge in [-0.25, -0.2) is 4.79 Å². The van der Waals surface area contributed by atoms with Crippen molar-refractivity contribution in [2.24, 2.45) is 5.41 Å². The van der Waals surface area contributed by atoms with Crippen LogP contribution in [0.5, 0.6) is 0 Å². The Morgan fingerprint density at radius 2 is 1.86 bits per heavy atom. The van der Waals surface area contributed by atoms with E-state index in [-0.39, 0.29) is 24.4 Å². The minimum atomic E-state index is -0.931. The topological polar surface area (TPSA) is 115 Å². The number of rotatable bonds is 5. The van der Waals surface area contributed by atoms with Crippen LogP contribution in [-0.2, 0) is 9.59 Å². The molecule has 0 unspecified atom stereocenters. The molecule has 7 nitrogen and oxygen atoms in total. The number of hydrogen-bond acceptors (Lipinski definition) is 3. The smallest absolute Gasteiger partial charge is 0.323 e. The normalized spacial score (nSPS) is 11.5. The summed E-state index contributed by atoms with van der Waals surface area (Å²) in [6.07, 6.45) is 0.0194. The molecular weight excluding hydrogens is 274 g/mol. The second kappa shape index (κ2) is 5.43. The first-order valence-electron chi connectivity index (χ1n) is 6.49. The number of imidazole rings is 1. The number of amides is 1. The van der Waals surface area contributed by atoms with Crippen molar-refractivity contribution in [3.05, 3.63) is 28.7 Å². The summed E-state index contributed by atoms with van der Waals surface area (Å²) in [5.74, 6) is -1.20. The van der Waals surface area contributed by atoms with Crippen LogP contribution in [0, 0.1) is 5.41 Å². The molecule has 1 aromatic carbocycles. The van der Waals surface area contributed by atoms with Crippen LogP contribution in [0.25, 0.3) is 11.0 Å². The zero-order valence-corrected chi connectivity index (χ0v) is 11.8. The molecule has 1 heterocycles. The fourth-order valence-corrected chi connectivity index (χ4v) is 2.22. The van der Waals surface area contributed by atoms with Crippen LogP contribution in [0.2, 0.25) is 0 Å². The number of aromatic nitrogens is 2. The molecule has 4 N–H and O–H groups in total. The molecule has 0 aliphatic carbocycles. The van der Waals surface area contributed by atoms with Crippen molar-refractivity contribution < 1.29 is 14.7 Å². The Morgan fingerprint density at radius 3 is 2.52 bits per heavy atom. The molecular formula is C14H17N3O4. The second-order valence-electron chi connectivity index (χ2n) is 5.80. The Labute approximate surface area is 120 Å². The lowest BCUT2D eigenvalue weighted by Crippen LogP contribution is -2.24. The maximum atomic E-state index is 12.0. The summed E-state index contributed by atoms with van der Waals surface area (Å²) in [6.45, 7) is 3.46. The molecule has 0 spiro atoms. The van der Waals surface area contributed by atoms with Crippen LogP contribution < -0.4 is 11.0 Å². The van der Waals surface area contributed by atoms with Gasteiger partial charge in [0, 0.05) is 12.1 Å². The van der Waals surface area contributed by atoms with Crippen LogP contribution in [0.4, 0.5) is 5.69 Å². The predicted molar refractivity (Wildman–Crippen MR) is 78.2 cm³/mol. The van der Waals surface area contributed by atoms with Crippen molar-refractivity contribution in [1.29, 1.82) is 0 Å². The number of aliphatic carboxylic acids is 1. The first-order valence-corrected chi connectivity index (χ1v) is 6.49. The van der Waals surface area contributed by atoms with Crippen LogP contribution in [0.3, 0.4) is 0 Å². The van der Waals surface area contributed by atoms with Crippen molar-refractivity contribution in [1.82, 2.24) is 9.97 Å². The van der Waals surface area contributed by atoms with E-state index in [1.165, 1.54) is 0 Å². The fraction of sp³-hybridized carbons (Fsp3) is 0.357. The summed E-state index contributed by atoms with van der Waals surface area (Å²) in [6, 6.07) is 5.01. The molecule has 0 saturated heterocycles. The van der Waals surface area contributed by atoms with Gasteiger partial charge in [-0.2, -0.15) is 0 Å². The van der Waals surface area contributed by atoms with Gasteiger partial charge in [0.1, 0.15) is 0 Å². The average Bonchev–Trinajstić information content (AvgIpc) is 2.65. The third kappa shape index (κ3) is 3.95. The third-order valence-electron chi connectivity index (χ3n) is 3.07. The van der Waals surface area contributed by atoms with Crippen LogP contribution in [0.15, 0.2) is 23.0 Å². The highest BCUT2D eigenvalue weighted by Gasteiger charge is 2.25. The number of anilines is 1. The van der Waals surface area contributed by atoms with Gasteiger partial charge in [0.05, 0.1) is 17.5 Å². The van der Waals surface area contributed by atoms with Crippen LogP contribution in [0.1, 0.15) is 26.7 Å². The standard InChI is InChI=1S/C14H17N3O4/c1-14(2,7-12(19)20)6-11(18)15-8-3-4-9-10(5-8)17-13(21)16-9/h3-5H,6-7H2,1-2H3,(H,15,18)(H,19,20)(H2,16,17,21). The first kappa shape index (κ1) is 14.8. The maximum absolute atomic E-state index is 12.0. The molecule has 1 aromatic heterocycles. The number of hydrogen-bond donors (Lipinski definition) is 4. The number of H-pyrrole nitrogens is 2. The molecule has 2 rings (SSSR count). The zero-order chi connectivity index (χ0) is 15.6. The molecule has 0 atom stereocenters. The molecule has 0 aliphatic heterocycles. The Balaban J connectivity index is 2.07. The SMILES string of the molecule is CC(C)(CC(=O)O)CC(=O)Nc1ccc2[nH]c(=O)[nH]c2c1. The number of carboxylic acids is 1. The molecule has 0 saturated carbocycles. The number of carbonyl (C=O) groups excluding carboxylic acids is 1. The average molecular weight is 291 g/mol. The highest BCUT2D eigenvalue weighted by atomic mass is 16.4. The largest absolute Gasteiger partial charge is 0.481 e. The van der Waals surface area contributed by atoms with Gasteiger partial charge in [0.2, 0.25) is 5.91 Å². The maximum Gasteiger partial charge on any atom is 0.323 e. The van der Waals surface area contributed by atoms with E-state index in [1.807, 2.05) is 0 Å². The van der Waals surface area contributed by atoms with E-state index in [0.717, 1.165) is 0 Å². The lowest BCUT2D eigenvalue weighted by atomic mass is 9.85. The number of carboxylic acid groups (broad SMARTS) is 1. The second-order valence-corrected chi connectivity index (χ2v) is 5.80. The van der Waals surface area contributed by atoms with Gasteiger partial charge in [-0.1, -0.05) is 13.8 Å². The molecule has 2 aromatic rings. The summed E-state index contributed by atoms with van der Waals surface area (Å²) in [5, 5.41) is 11.5. The molecule has 21 heavy (non-hydrogen) atoms. The van der Waals surface area contributed by atoms with Crippen LogP contribution in [-0.4, -0.2) is 27.0 Å². The van der Waals surface area contributed by atoms with E-state index in [4.69, 9.17) is 5.11 Å². The molecule has 1 amide bonds. The Kier molecular flexibility index (Phi) is 3.84. The van der Waals surface area contributed by atoms with Crippen molar-refractivity contribution in [3.63, 3.8) is 0 Å². The predicted octanol–water partition coefficient (Wildman–Crippen LogP) is 1.69. The third-order valence-corrected chi connectivity index (χ3v) is 3.07. The van der Waals surface area contributed by atoms with Gasteiger partial charge in [0.25, 0.3) is 0 Å². The van der Waals surface area contributed by atoms with E-state index in [1.54, 1.807) is 32.0 Å².